The van der Waals surface area contributed by atoms with Crippen molar-refractivity contribution in [3.05, 3.63) is 66.0 Å². The third kappa shape index (κ3) is 3.35. The Labute approximate surface area is 152 Å². The first-order chi connectivity index (χ1) is 12.1. The Bertz CT molecular complexity index is 1030. The van der Waals surface area contributed by atoms with Gasteiger partial charge in [0, 0.05) is 11.6 Å². The molecule has 0 fully saturated rings. The molecule has 3 rings (SSSR count). The first-order valence-corrected chi connectivity index (χ1v) is 9.51. The molecule has 1 heterocycles. The van der Waals surface area contributed by atoms with Crippen molar-refractivity contribution in [2.45, 2.75) is 31.1 Å². The number of benzene rings is 2. The summed E-state index contributed by atoms with van der Waals surface area (Å²) in [5.74, 6) is -0.527. The standard InChI is InChI=1S/C19H20FN3O2S/c1-19(2,3)14-6-4-13(5-7-14)17-12-18(21)23(22-17)26(24,25)16-10-8-15(20)9-11-16/h4-12H,21H2,1-3H3. The van der Waals surface area contributed by atoms with Crippen molar-refractivity contribution in [2.24, 2.45) is 0 Å². The molecule has 0 amide bonds. The Morgan fingerprint density at radius 3 is 2.12 bits per heavy atom. The molecule has 0 unspecified atom stereocenters. The van der Waals surface area contributed by atoms with Gasteiger partial charge in [-0.3, -0.25) is 0 Å². The van der Waals surface area contributed by atoms with Crippen LogP contribution < -0.4 is 5.73 Å². The fraction of sp³-hybridized carbons (Fsp3) is 0.211. The van der Waals surface area contributed by atoms with Crippen molar-refractivity contribution in [1.82, 2.24) is 9.19 Å². The van der Waals surface area contributed by atoms with E-state index in [1.165, 1.54) is 18.2 Å². The van der Waals surface area contributed by atoms with Gasteiger partial charge in [0.25, 0.3) is 10.0 Å². The summed E-state index contributed by atoms with van der Waals surface area (Å²) < 4.78 is 39.2. The molecule has 26 heavy (non-hydrogen) atoms. The first kappa shape index (κ1) is 18.1. The van der Waals surface area contributed by atoms with Gasteiger partial charge in [0.05, 0.1) is 10.6 Å². The van der Waals surface area contributed by atoms with Crippen LogP contribution in [0.4, 0.5) is 10.2 Å². The molecule has 7 heteroatoms. The maximum atomic E-state index is 13.1. The van der Waals surface area contributed by atoms with E-state index in [9.17, 15) is 12.8 Å². The summed E-state index contributed by atoms with van der Waals surface area (Å²) in [5, 5.41) is 4.15. The van der Waals surface area contributed by atoms with E-state index in [-0.39, 0.29) is 16.1 Å². The van der Waals surface area contributed by atoms with Gasteiger partial charge in [0.1, 0.15) is 11.6 Å². The molecule has 2 aromatic carbocycles. The maximum absolute atomic E-state index is 13.1. The summed E-state index contributed by atoms with van der Waals surface area (Å²) in [4.78, 5) is -0.0802. The second-order valence-corrected chi connectivity index (χ2v) is 8.85. The highest BCUT2D eigenvalue weighted by molar-refractivity contribution is 7.90. The second kappa shape index (κ2) is 6.25. The van der Waals surface area contributed by atoms with Gasteiger partial charge < -0.3 is 5.73 Å². The monoisotopic (exact) mass is 373 g/mol. The van der Waals surface area contributed by atoms with Crippen LogP contribution in [0.2, 0.25) is 0 Å². The van der Waals surface area contributed by atoms with Crippen LogP contribution >= 0.6 is 0 Å². The predicted molar refractivity (Wildman–Crippen MR) is 99.8 cm³/mol. The van der Waals surface area contributed by atoms with Crippen molar-refractivity contribution >= 4 is 15.8 Å². The van der Waals surface area contributed by atoms with Crippen molar-refractivity contribution in [3.8, 4) is 11.3 Å². The van der Waals surface area contributed by atoms with E-state index in [0.29, 0.717) is 5.69 Å². The molecule has 1 aromatic heterocycles. The molecule has 0 aliphatic rings. The van der Waals surface area contributed by atoms with E-state index < -0.39 is 15.8 Å². The Morgan fingerprint density at radius 1 is 1.00 bits per heavy atom. The molecule has 0 saturated heterocycles. The number of anilines is 1. The molecule has 3 aromatic rings. The summed E-state index contributed by atoms with van der Waals surface area (Å²) in [6.45, 7) is 6.35. The molecule has 0 aliphatic carbocycles. The third-order valence-corrected chi connectivity index (χ3v) is 5.71. The number of nitrogens with zero attached hydrogens (tertiary/aromatic N) is 2. The van der Waals surface area contributed by atoms with Gasteiger partial charge in [0.15, 0.2) is 0 Å². The van der Waals surface area contributed by atoms with Crippen LogP contribution in [0, 0.1) is 5.82 Å². The van der Waals surface area contributed by atoms with Crippen LogP contribution in [0.3, 0.4) is 0 Å². The van der Waals surface area contributed by atoms with E-state index >= 15 is 0 Å². The van der Waals surface area contributed by atoms with E-state index in [0.717, 1.165) is 27.3 Å². The first-order valence-electron chi connectivity index (χ1n) is 8.06. The number of nitrogen functional groups attached to an aromatic ring is 1. The summed E-state index contributed by atoms with van der Waals surface area (Å²) in [7, 11) is -3.99. The van der Waals surface area contributed by atoms with Crippen LogP contribution in [-0.4, -0.2) is 17.6 Å². The van der Waals surface area contributed by atoms with Gasteiger partial charge in [-0.15, -0.1) is 4.09 Å². The highest BCUT2D eigenvalue weighted by atomic mass is 32.2. The van der Waals surface area contributed by atoms with E-state index in [2.05, 4.69) is 25.9 Å². The number of nitrogens with two attached hydrogens (primary N) is 1. The summed E-state index contributed by atoms with van der Waals surface area (Å²) in [6.07, 6.45) is 0. The summed E-state index contributed by atoms with van der Waals surface area (Å²) in [5.41, 5.74) is 8.27. The minimum absolute atomic E-state index is 0.00998. The molecule has 136 valence electrons. The summed E-state index contributed by atoms with van der Waals surface area (Å²) in [6, 6.07) is 13.8. The molecular weight excluding hydrogens is 353 g/mol. The van der Waals surface area contributed by atoms with Crippen molar-refractivity contribution in [2.75, 3.05) is 5.73 Å². The van der Waals surface area contributed by atoms with Crippen molar-refractivity contribution in [3.63, 3.8) is 0 Å². The Hall–Kier alpha value is -2.67. The average molecular weight is 373 g/mol. The van der Waals surface area contributed by atoms with Crippen LogP contribution in [-0.2, 0) is 15.4 Å². The van der Waals surface area contributed by atoms with Gasteiger partial charge >= 0.3 is 0 Å². The van der Waals surface area contributed by atoms with E-state index in [4.69, 9.17) is 5.73 Å². The molecular formula is C19H20FN3O2S. The second-order valence-electron chi connectivity index (χ2n) is 7.08. The fourth-order valence-corrected chi connectivity index (χ4v) is 3.77. The number of halogens is 1. The third-order valence-electron chi connectivity index (χ3n) is 4.09. The molecule has 0 atom stereocenters. The highest BCUT2D eigenvalue weighted by Crippen LogP contribution is 2.27. The van der Waals surface area contributed by atoms with E-state index in [1.54, 1.807) is 0 Å². The number of hydrogen-bond acceptors (Lipinski definition) is 4. The number of aromatic nitrogens is 2. The number of rotatable bonds is 3. The molecule has 0 saturated carbocycles. The van der Waals surface area contributed by atoms with Crippen LogP contribution in [0.15, 0.2) is 59.5 Å². The van der Waals surface area contributed by atoms with Crippen molar-refractivity contribution < 1.29 is 12.8 Å². The van der Waals surface area contributed by atoms with Gasteiger partial charge in [-0.25, -0.2) is 4.39 Å². The van der Waals surface area contributed by atoms with Gasteiger partial charge in [-0.1, -0.05) is 45.0 Å². The SMILES string of the molecule is CC(C)(C)c1ccc(-c2cc(N)n(S(=O)(=O)c3ccc(F)cc3)n2)cc1. The zero-order valence-electron chi connectivity index (χ0n) is 14.8. The summed E-state index contributed by atoms with van der Waals surface area (Å²) >= 11 is 0. The topological polar surface area (TPSA) is 78.0 Å². The van der Waals surface area contributed by atoms with Crippen LogP contribution in [0.25, 0.3) is 11.3 Å². The zero-order valence-corrected chi connectivity index (χ0v) is 15.6. The quantitative estimate of drug-likeness (QED) is 0.757. The molecule has 0 spiro atoms. The molecule has 0 aliphatic heterocycles. The molecule has 2 N–H and O–H groups in total. The fourth-order valence-electron chi connectivity index (χ4n) is 2.56. The lowest BCUT2D eigenvalue weighted by Gasteiger charge is -2.18. The Balaban J connectivity index is 2.00. The molecule has 0 radical (unpaired) electrons. The van der Waals surface area contributed by atoms with Crippen LogP contribution in [0.1, 0.15) is 26.3 Å². The average Bonchev–Trinajstić information content (AvgIpc) is 2.97. The van der Waals surface area contributed by atoms with Gasteiger partial charge in [-0.05, 0) is 35.2 Å². The lowest BCUT2D eigenvalue weighted by molar-refractivity contribution is 0.580. The minimum Gasteiger partial charge on any atom is -0.383 e. The predicted octanol–water partition coefficient (Wildman–Crippen LogP) is 3.81. The molecule has 5 nitrogen and oxygen atoms in total. The maximum Gasteiger partial charge on any atom is 0.284 e. The van der Waals surface area contributed by atoms with E-state index in [1.807, 2.05) is 24.3 Å². The highest BCUT2D eigenvalue weighted by Gasteiger charge is 2.22. The minimum atomic E-state index is -3.99. The Kier molecular flexibility index (Phi) is 4.36. The number of hydrogen-bond donors (Lipinski definition) is 1. The van der Waals surface area contributed by atoms with Crippen LogP contribution in [0.5, 0.6) is 0 Å². The Morgan fingerprint density at radius 2 is 1.58 bits per heavy atom. The van der Waals surface area contributed by atoms with Gasteiger partial charge in [0.2, 0.25) is 0 Å². The molecule has 0 bridgehead atoms. The lowest BCUT2D eigenvalue weighted by Crippen LogP contribution is -2.16. The largest absolute Gasteiger partial charge is 0.383 e. The lowest BCUT2D eigenvalue weighted by atomic mass is 9.86. The van der Waals surface area contributed by atoms with Crippen molar-refractivity contribution in [1.29, 1.82) is 0 Å². The zero-order chi connectivity index (χ0) is 19.1. The normalized spacial score (nSPS) is 12.3. The smallest absolute Gasteiger partial charge is 0.284 e. The van der Waals surface area contributed by atoms with Gasteiger partial charge in [-0.2, -0.15) is 13.5 Å².